The zero-order chi connectivity index (χ0) is 18.4. The number of likely N-dealkylation sites (tertiary alicyclic amines) is 1. The summed E-state index contributed by atoms with van der Waals surface area (Å²) in [5, 5.41) is -0.0680. The van der Waals surface area contributed by atoms with Crippen molar-refractivity contribution in [3.8, 4) is 11.5 Å². The molecule has 2 amide bonds. The van der Waals surface area contributed by atoms with Crippen LogP contribution in [-0.2, 0) is 9.59 Å². The van der Waals surface area contributed by atoms with Crippen molar-refractivity contribution in [1.82, 2.24) is 9.80 Å². The van der Waals surface area contributed by atoms with Crippen LogP contribution >= 0.6 is 11.8 Å². The van der Waals surface area contributed by atoms with Crippen LogP contribution in [0, 0.1) is 0 Å². The fraction of sp³-hybridized carbons (Fsp3) is 0.579. The molecule has 0 bridgehead atoms. The van der Waals surface area contributed by atoms with Crippen LogP contribution in [0.3, 0.4) is 0 Å². The minimum Gasteiger partial charge on any atom is -0.493 e. The Bertz CT molecular complexity index is 634. The summed E-state index contributed by atoms with van der Waals surface area (Å²) in [4.78, 5) is 28.6. The minimum absolute atomic E-state index is 0.0360. The number of ether oxygens (including phenoxy) is 2. The van der Waals surface area contributed by atoms with E-state index in [-0.39, 0.29) is 23.6 Å². The topological polar surface area (TPSA) is 59.1 Å². The molecule has 142 valence electrons. The zero-order valence-electron chi connectivity index (χ0n) is 15.2. The first-order chi connectivity index (χ1) is 12.7. The van der Waals surface area contributed by atoms with E-state index in [1.807, 2.05) is 29.2 Å². The van der Waals surface area contributed by atoms with Crippen LogP contribution < -0.4 is 9.47 Å². The van der Waals surface area contributed by atoms with Gasteiger partial charge in [0.15, 0.2) is 11.5 Å². The summed E-state index contributed by atoms with van der Waals surface area (Å²) in [6.45, 7) is 2.60. The first kappa shape index (κ1) is 18.9. The Morgan fingerprint density at radius 3 is 2.54 bits per heavy atom. The van der Waals surface area contributed by atoms with Crippen LogP contribution in [0.15, 0.2) is 24.3 Å². The lowest BCUT2D eigenvalue weighted by molar-refractivity contribution is -0.141. The number of amides is 2. The third kappa shape index (κ3) is 4.63. The lowest BCUT2D eigenvalue weighted by atomic mass is 10.1. The van der Waals surface area contributed by atoms with Crippen molar-refractivity contribution in [3.63, 3.8) is 0 Å². The van der Waals surface area contributed by atoms with Gasteiger partial charge in [0.1, 0.15) is 18.4 Å². The number of para-hydroxylation sites is 2. The second-order valence-electron chi connectivity index (χ2n) is 6.49. The number of methoxy groups -OCH3 is 1. The molecule has 3 rings (SSSR count). The standard InChI is InChI=1S/C19H26N2O4S/c1-24-15-7-3-4-8-16(15)25-14-19-21(11-12-26-19)18(23)13-17(22)20-9-5-2-6-10-20/h3-4,7-8,19H,2,5-6,9-14H2,1H3. The van der Waals surface area contributed by atoms with Crippen molar-refractivity contribution in [2.24, 2.45) is 0 Å². The van der Waals surface area contributed by atoms with Crippen molar-refractivity contribution in [3.05, 3.63) is 24.3 Å². The molecule has 0 spiro atoms. The van der Waals surface area contributed by atoms with Gasteiger partial charge in [-0.2, -0.15) is 0 Å². The van der Waals surface area contributed by atoms with E-state index >= 15 is 0 Å². The molecule has 2 fully saturated rings. The molecule has 7 heteroatoms. The maximum atomic E-state index is 12.6. The van der Waals surface area contributed by atoms with Gasteiger partial charge in [-0.15, -0.1) is 11.8 Å². The number of hydrogen-bond donors (Lipinski definition) is 0. The molecular formula is C19H26N2O4S. The van der Waals surface area contributed by atoms with Crippen LogP contribution in [-0.4, -0.2) is 66.1 Å². The summed E-state index contributed by atoms with van der Waals surface area (Å²) >= 11 is 1.69. The van der Waals surface area contributed by atoms with E-state index in [0.717, 1.165) is 31.7 Å². The molecule has 26 heavy (non-hydrogen) atoms. The van der Waals surface area contributed by atoms with Gasteiger partial charge in [0.2, 0.25) is 11.8 Å². The Hall–Kier alpha value is -1.89. The summed E-state index contributed by atoms with van der Waals surface area (Å²) in [6.07, 6.45) is 3.21. The molecule has 1 unspecified atom stereocenters. The molecule has 0 saturated carbocycles. The highest BCUT2D eigenvalue weighted by molar-refractivity contribution is 8.00. The lowest BCUT2D eigenvalue weighted by Gasteiger charge is -2.28. The molecule has 6 nitrogen and oxygen atoms in total. The molecule has 1 aromatic carbocycles. The van der Waals surface area contributed by atoms with E-state index in [0.29, 0.717) is 24.7 Å². The summed E-state index contributed by atoms with van der Waals surface area (Å²) in [5.41, 5.74) is 0. The van der Waals surface area contributed by atoms with E-state index in [1.54, 1.807) is 23.8 Å². The van der Waals surface area contributed by atoms with Crippen LogP contribution in [0.2, 0.25) is 0 Å². The predicted molar refractivity (Wildman–Crippen MR) is 101 cm³/mol. The molecule has 2 aliphatic heterocycles. The van der Waals surface area contributed by atoms with Gasteiger partial charge in [0.05, 0.1) is 7.11 Å². The Kier molecular flexibility index (Phi) is 6.66. The van der Waals surface area contributed by atoms with Gasteiger partial charge in [-0.1, -0.05) is 12.1 Å². The minimum atomic E-state index is -0.0980. The van der Waals surface area contributed by atoms with E-state index < -0.39 is 0 Å². The molecule has 0 aromatic heterocycles. The van der Waals surface area contributed by atoms with Crippen molar-refractivity contribution < 1.29 is 19.1 Å². The van der Waals surface area contributed by atoms with Gasteiger partial charge >= 0.3 is 0 Å². The highest BCUT2D eigenvalue weighted by Gasteiger charge is 2.32. The maximum Gasteiger partial charge on any atom is 0.233 e. The van der Waals surface area contributed by atoms with E-state index in [4.69, 9.17) is 9.47 Å². The van der Waals surface area contributed by atoms with Gasteiger partial charge < -0.3 is 19.3 Å². The van der Waals surface area contributed by atoms with Crippen molar-refractivity contribution in [2.75, 3.05) is 39.1 Å². The number of carbonyl (C=O) groups is 2. The summed E-state index contributed by atoms with van der Waals surface area (Å²) in [6, 6.07) is 7.47. The normalized spacial score (nSPS) is 20.1. The Labute approximate surface area is 158 Å². The molecule has 0 aliphatic carbocycles. The number of nitrogens with zero attached hydrogens (tertiary/aromatic N) is 2. The number of thioether (sulfide) groups is 1. The third-order valence-electron chi connectivity index (χ3n) is 4.77. The smallest absolute Gasteiger partial charge is 0.233 e. The number of hydrogen-bond acceptors (Lipinski definition) is 5. The SMILES string of the molecule is COc1ccccc1OCC1SCCN1C(=O)CC(=O)N1CCCCC1. The van der Waals surface area contributed by atoms with Gasteiger partial charge in [0, 0.05) is 25.4 Å². The highest BCUT2D eigenvalue weighted by atomic mass is 32.2. The molecule has 2 heterocycles. The maximum absolute atomic E-state index is 12.6. The first-order valence-electron chi connectivity index (χ1n) is 9.13. The fourth-order valence-electron chi connectivity index (χ4n) is 3.33. The lowest BCUT2D eigenvalue weighted by Crippen LogP contribution is -2.42. The van der Waals surface area contributed by atoms with Crippen LogP contribution in [0.5, 0.6) is 11.5 Å². The van der Waals surface area contributed by atoms with Crippen LogP contribution in [0.1, 0.15) is 25.7 Å². The van der Waals surface area contributed by atoms with Crippen molar-refractivity contribution in [2.45, 2.75) is 31.1 Å². The molecule has 0 radical (unpaired) electrons. The van der Waals surface area contributed by atoms with Gasteiger partial charge in [-0.05, 0) is 31.4 Å². The van der Waals surface area contributed by atoms with Gasteiger partial charge in [0.25, 0.3) is 0 Å². The number of carbonyl (C=O) groups excluding carboxylic acids is 2. The molecule has 0 N–H and O–H groups in total. The van der Waals surface area contributed by atoms with Gasteiger partial charge in [-0.25, -0.2) is 0 Å². The van der Waals surface area contributed by atoms with Gasteiger partial charge in [-0.3, -0.25) is 9.59 Å². The zero-order valence-corrected chi connectivity index (χ0v) is 16.0. The number of rotatable bonds is 6. The molecule has 1 atom stereocenters. The van der Waals surface area contributed by atoms with E-state index in [1.165, 1.54) is 6.42 Å². The molecule has 1 aromatic rings. The summed E-state index contributed by atoms with van der Waals surface area (Å²) in [5.74, 6) is 2.06. The van der Waals surface area contributed by atoms with E-state index in [9.17, 15) is 9.59 Å². The Morgan fingerprint density at radius 1 is 1.08 bits per heavy atom. The predicted octanol–water partition coefficient (Wildman–Crippen LogP) is 2.38. The van der Waals surface area contributed by atoms with E-state index in [2.05, 4.69) is 0 Å². The third-order valence-corrected chi connectivity index (χ3v) is 5.97. The van der Waals surface area contributed by atoms with Crippen LogP contribution in [0.4, 0.5) is 0 Å². The molecular weight excluding hydrogens is 352 g/mol. The largest absolute Gasteiger partial charge is 0.493 e. The van der Waals surface area contributed by atoms with Crippen molar-refractivity contribution >= 4 is 23.6 Å². The fourth-order valence-corrected chi connectivity index (χ4v) is 4.47. The second kappa shape index (κ2) is 9.16. The summed E-state index contributed by atoms with van der Waals surface area (Å²) < 4.78 is 11.2. The summed E-state index contributed by atoms with van der Waals surface area (Å²) in [7, 11) is 1.61. The average molecular weight is 378 g/mol. The average Bonchev–Trinajstić information content (AvgIpc) is 3.16. The highest BCUT2D eigenvalue weighted by Crippen LogP contribution is 2.29. The van der Waals surface area contributed by atoms with Crippen LogP contribution in [0.25, 0.3) is 0 Å². The Balaban J connectivity index is 1.53. The quantitative estimate of drug-likeness (QED) is 0.712. The Morgan fingerprint density at radius 2 is 1.81 bits per heavy atom. The van der Waals surface area contributed by atoms with Crippen molar-refractivity contribution in [1.29, 1.82) is 0 Å². The molecule has 2 aliphatic rings. The second-order valence-corrected chi connectivity index (χ2v) is 7.78. The molecule has 2 saturated heterocycles. The monoisotopic (exact) mass is 378 g/mol. The number of benzene rings is 1. The number of piperidine rings is 1. The first-order valence-corrected chi connectivity index (χ1v) is 10.2.